The number of amides is 1. The maximum absolute atomic E-state index is 13.2. The summed E-state index contributed by atoms with van der Waals surface area (Å²) in [4.78, 5) is 12.7. The monoisotopic (exact) mass is 424 g/mol. The minimum Gasteiger partial charge on any atom is -0.493 e. The van der Waals surface area contributed by atoms with E-state index in [0.29, 0.717) is 11.5 Å². The molecule has 0 saturated carbocycles. The summed E-state index contributed by atoms with van der Waals surface area (Å²) in [5, 5.41) is 2.69. The zero-order chi connectivity index (χ0) is 21.4. The second kappa shape index (κ2) is 10.1. The van der Waals surface area contributed by atoms with Gasteiger partial charge in [0.1, 0.15) is 18.5 Å². The predicted octanol–water partition coefficient (Wildman–Crippen LogP) is 2.57. The molecule has 1 atom stereocenters. The Balaban J connectivity index is 2.04. The first kappa shape index (κ1) is 22.5. The summed E-state index contributed by atoms with van der Waals surface area (Å²) in [5.41, 5.74) is 0.223. The van der Waals surface area contributed by atoms with Crippen LogP contribution in [-0.2, 0) is 14.8 Å². The molecule has 0 spiro atoms. The zero-order valence-electron chi connectivity index (χ0n) is 16.6. The smallest absolute Gasteiger partial charge is 0.244 e. The lowest BCUT2D eigenvalue weighted by molar-refractivity contribution is -0.122. The number of hydrogen-bond donors (Lipinski definition) is 1. The summed E-state index contributed by atoms with van der Waals surface area (Å²) in [6.07, 6.45) is 1.25. The van der Waals surface area contributed by atoms with Gasteiger partial charge in [-0.05, 0) is 42.8 Å². The van der Waals surface area contributed by atoms with Crippen LogP contribution in [0.2, 0.25) is 0 Å². The van der Waals surface area contributed by atoms with Crippen molar-refractivity contribution in [1.82, 2.24) is 5.32 Å². The number of methoxy groups -OCH3 is 1. The van der Waals surface area contributed by atoms with Gasteiger partial charge in [-0.2, -0.15) is 0 Å². The van der Waals surface area contributed by atoms with E-state index in [9.17, 15) is 17.6 Å². The van der Waals surface area contributed by atoms with Gasteiger partial charge < -0.3 is 14.8 Å². The van der Waals surface area contributed by atoms with E-state index in [1.165, 1.54) is 19.2 Å². The van der Waals surface area contributed by atoms with Gasteiger partial charge in [0.15, 0.2) is 11.5 Å². The Morgan fingerprint density at radius 3 is 2.31 bits per heavy atom. The highest BCUT2D eigenvalue weighted by atomic mass is 32.2. The molecule has 0 fully saturated rings. The lowest BCUT2D eigenvalue weighted by atomic mass is 10.2. The van der Waals surface area contributed by atoms with Crippen LogP contribution in [-0.4, -0.2) is 46.9 Å². The number of ether oxygens (including phenoxy) is 2. The van der Waals surface area contributed by atoms with E-state index in [1.54, 1.807) is 25.1 Å². The number of para-hydroxylation sites is 2. The number of hydrogen-bond acceptors (Lipinski definition) is 5. The van der Waals surface area contributed by atoms with Gasteiger partial charge in [-0.1, -0.05) is 19.1 Å². The molecule has 0 aliphatic carbocycles. The Morgan fingerprint density at radius 2 is 1.76 bits per heavy atom. The second-order valence-electron chi connectivity index (χ2n) is 6.25. The number of benzene rings is 2. The van der Waals surface area contributed by atoms with Crippen molar-refractivity contribution in [2.75, 3.05) is 30.8 Å². The number of carbonyl (C=O) groups excluding carboxylic acids is 1. The van der Waals surface area contributed by atoms with Crippen molar-refractivity contribution in [3.8, 4) is 11.5 Å². The van der Waals surface area contributed by atoms with Gasteiger partial charge in [-0.15, -0.1) is 0 Å². The molecule has 9 heteroatoms. The van der Waals surface area contributed by atoms with Crippen LogP contribution in [0.4, 0.5) is 10.1 Å². The van der Waals surface area contributed by atoms with E-state index in [-0.39, 0.29) is 25.3 Å². The third-order valence-electron chi connectivity index (χ3n) is 4.14. The highest BCUT2D eigenvalue weighted by molar-refractivity contribution is 7.92. The van der Waals surface area contributed by atoms with Crippen LogP contribution >= 0.6 is 0 Å². The van der Waals surface area contributed by atoms with Crippen LogP contribution < -0.4 is 19.1 Å². The van der Waals surface area contributed by atoms with Crippen LogP contribution in [0.1, 0.15) is 13.3 Å². The summed E-state index contributed by atoms with van der Waals surface area (Å²) in [7, 11) is -2.23. The molecular weight excluding hydrogens is 399 g/mol. The lowest BCUT2D eigenvalue weighted by Crippen LogP contribution is -2.50. The van der Waals surface area contributed by atoms with E-state index < -0.39 is 27.8 Å². The normalized spacial score (nSPS) is 12.1. The minimum atomic E-state index is -3.77. The molecule has 1 N–H and O–H groups in total. The SMILES string of the molecule is CCC(C(=O)NCCOc1ccccc1OC)N(c1ccc(F)cc1)S(C)(=O)=O. The van der Waals surface area contributed by atoms with Gasteiger partial charge in [0, 0.05) is 0 Å². The fraction of sp³-hybridized carbons (Fsp3) is 0.350. The van der Waals surface area contributed by atoms with Gasteiger partial charge in [0.05, 0.1) is 25.6 Å². The molecule has 0 saturated heterocycles. The molecule has 0 aliphatic rings. The Labute approximate surface area is 170 Å². The quantitative estimate of drug-likeness (QED) is 0.593. The summed E-state index contributed by atoms with van der Waals surface area (Å²) < 4.78 is 49.7. The number of nitrogens with zero attached hydrogens (tertiary/aromatic N) is 1. The van der Waals surface area contributed by atoms with Crippen molar-refractivity contribution in [3.05, 3.63) is 54.3 Å². The predicted molar refractivity (Wildman–Crippen MR) is 109 cm³/mol. The van der Waals surface area contributed by atoms with Crippen LogP contribution in [0.5, 0.6) is 11.5 Å². The van der Waals surface area contributed by atoms with Crippen molar-refractivity contribution in [2.24, 2.45) is 0 Å². The number of nitrogens with one attached hydrogen (secondary N) is 1. The molecule has 29 heavy (non-hydrogen) atoms. The first-order chi connectivity index (χ1) is 13.8. The third kappa shape index (κ3) is 6.08. The van der Waals surface area contributed by atoms with Crippen LogP contribution in [0, 0.1) is 5.82 Å². The van der Waals surface area contributed by atoms with Crippen molar-refractivity contribution < 1.29 is 27.1 Å². The van der Waals surface area contributed by atoms with E-state index >= 15 is 0 Å². The van der Waals surface area contributed by atoms with Crippen molar-refractivity contribution in [2.45, 2.75) is 19.4 Å². The standard InChI is InChI=1S/C20H25FN2O5S/c1-4-17(23(29(3,25)26)16-11-9-15(21)10-12-16)20(24)22-13-14-28-19-8-6-5-7-18(19)27-2/h5-12,17H,4,13-14H2,1-3H3,(H,22,24). The van der Waals surface area contributed by atoms with Gasteiger partial charge >= 0.3 is 0 Å². The van der Waals surface area contributed by atoms with Crippen LogP contribution in [0.15, 0.2) is 48.5 Å². The summed E-state index contributed by atoms with van der Waals surface area (Å²) in [6, 6.07) is 11.1. The molecule has 158 valence electrons. The summed E-state index contributed by atoms with van der Waals surface area (Å²) >= 11 is 0. The molecule has 0 aliphatic heterocycles. The van der Waals surface area contributed by atoms with Crippen LogP contribution in [0.3, 0.4) is 0 Å². The maximum atomic E-state index is 13.2. The highest BCUT2D eigenvalue weighted by Crippen LogP contribution is 2.25. The third-order valence-corrected chi connectivity index (χ3v) is 5.32. The summed E-state index contributed by atoms with van der Waals surface area (Å²) in [6.45, 7) is 2.06. The molecule has 0 aromatic heterocycles. The molecule has 0 heterocycles. The van der Waals surface area contributed by atoms with Gasteiger partial charge in [0.2, 0.25) is 15.9 Å². The molecule has 0 radical (unpaired) electrons. The molecule has 1 amide bonds. The molecule has 7 nitrogen and oxygen atoms in total. The molecule has 2 aromatic rings. The number of carbonyl (C=O) groups is 1. The highest BCUT2D eigenvalue weighted by Gasteiger charge is 2.31. The van der Waals surface area contributed by atoms with Gasteiger partial charge in [0.25, 0.3) is 0 Å². The number of sulfonamides is 1. The van der Waals surface area contributed by atoms with E-state index in [0.717, 1.165) is 22.7 Å². The van der Waals surface area contributed by atoms with E-state index in [4.69, 9.17) is 9.47 Å². The van der Waals surface area contributed by atoms with Crippen molar-refractivity contribution >= 4 is 21.6 Å². The number of halogens is 1. The average molecular weight is 424 g/mol. The van der Waals surface area contributed by atoms with Crippen LogP contribution in [0.25, 0.3) is 0 Å². The Hall–Kier alpha value is -2.81. The fourth-order valence-corrected chi connectivity index (χ4v) is 4.05. The van der Waals surface area contributed by atoms with Crippen molar-refractivity contribution in [1.29, 1.82) is 0 Å². The van der Waals surface area contributed by atoms with Gasteiger partial charge in [-0.3, -0.25) is 9.10 Å². The molecule has 0 bridgehead atoms. The Kier molecular flexibility index (Phi) is 7.83. The molecule has 1 unspecified atom stereocenters. The first-order valence-corrected chi connectivity index (χ1v) is 10.9. The van der Waals surface area contributed by atoms with Crippen molar-refractivity contribution in [3.63, 3.8) is 0 Å². The molecule has 2 aromatic carbocycles. The van der Waals surface area contributed by atoms with E-state index in [2.05, 4.69) is 5.32 Å². The molecular formula is C20H25FN2O5S. The zero-order valence-corrected chi connectivity index (χ0v) is 17.4. The first-order valence-electron chi connectivity index (χ1n) is 9.06. The number of rotatable bonds is 10. The number of anilines is 1. The Morgan fingerprint density at radius 1 is 1.14 bits per heavy atom. The lowest BCUT2D eigenvalue weighted by Gasteiger charge is -2.30. The van der Waals surface area contributed by atoms with Gasteiger partial charge in [-0.25, -0.2) is 12.8 Å². The Bertz CT molecular complexity index is 919. The summed E-state index contributed by atoms with van der Waals surface area (Å²) in [5.74, 6) is 0.157. The second-order valence-corrected chi connectivity index (χ2v) is 8.11. The average Bonchev–Trinajstić information content (AvgIpc) is 2.69. The maximum Gasteiger partial charge on any atom is 0.244 e. The largest absolute Gasteiger partial charge is 0.493 e. The molecule has 2 rings (SSSR count). The fourth-order valence-electron chi connectivity index (χ4n) is 2.84. The van der Waals surface area contributed by atoms with E-state index in [1.807, 2.05) is 6.07 Å². The topological polar surface area (TPSA) is 84.9 Å². The minimum absolute atomic E-state index is 0.175.